The number of carbonyl (C=O) groups excluding carboxylic acids is 2. The predicted molar refractivity (Wildman–Crippen MR) is 104 cm³/mol. The van der Waals surface area contributed by atoms with Crippen molar-refractivity contribution in [2.24, 2.45) is 0 Å². The van der Waals surface area contributed by atoms with Crippen LogP contribution in [0.5, 0.6) is 0 Å². The molecule has 0 atom stereocenters. The zero-order chi connectivity index (χ0) is 18.5. The van der Waals surface area contributed by atoms with Crippen molar-refractivity contribution in [2.75, 3.05) is 19.4 Å². The molecule has 1 aliphatic carbocycles. The summed E-state index contributed by atoms with van der Waals surface area (Å²) in [6.07, 6.45) is 5.70. The first kappa shape index (κ1) is 18.4. The number of benzene rings is 1. The van der Waals surface area contributed by atoms with E-state index in [-0.39, 0.29) is 11.9 Å². The van der Waals surface area contributed by atoms with Gasteiger partial charge in [-0.1, -0.05) is 18.6 Å². The first-order valence-corrected chi connectivity index (χ1v) is 9.68. The van der Waals surface area contributed by atoms with Crippen molar-refractivity contribution in [1.82, 2.24) is 15.2 Å². The summed E-state index contributed by atoms with van der Waals surface area (Å²) in [5.41, 5.74) is 2.71. The number of amides is 3. The van der Waals surface area contributed by atoms with E-state index in [2.05, 4.69) is 15.6 Å². The minimum atomic E-state index is -0.262. The summed E-state index contributed by atoms with van der Waals surface area (Å²) < 4.78 is 0. The highest BCUT2D eigenvalue weighted by atomic mass is 32.1. The van der Waals surface area contributed by atoms with Crippen LogP contribution >= 0.6 is 11.3 Å². The van der Waals surface area contributed by atoms with Gasteiger partial charge in [0.2, 0.25) is 0 Å². The summed E-state index contributed by atoms with van der Waals surface area (Å²) in [6.45, 7) is 0.396. The van der Waals surface area contributed by atoms with E-state index < -0.39 is 0 Å². The number of hydrogen-bond acceptors (Lipinski definition) is 4. The van der Waals surface area contributed by atoms with Crippen LogP contribution in [0.15, 0.2) is 24.3 Å². The van der Waals surface area contributed by atoms with Gasteiger partial charge in [0.15, 0.2) is 5.13 Å². The fraction of sp³-hybridized carbons (Fsp3) is 0.421. The largest absolute Gasteiger partial charge is 0.345 e. The van der Waals surface area contributed by atoms with Gasteiger partial charge in [-0.3, -0.25) is 10.1 Å². The van der Waals surface area contributed by atoms with Crippen molar-refractivity contribution >= 4 is 28.4 Å². The summed E-state index contributed by atoms with van der Waals surface area (Å²) in [4.78, 5) is 31.4. The monoisotopic (exact) mass is 372 g/mol. The Kier molecular flexibility index (Phi) is 5.88. The van der Waals surface area contributed by atoms with E-state index in [9.17, 15) is 9.59 Å². The number of nitrogens with one attached hydrogen (secondary N) is 2. The molecule has 1 aromatic carbocycles. The maximum absolute atomic E-state index is 12.1. The maximum Gasteiger partial charge on any atom is 0.321 e. The second-order valence-electron chi connectivity index (χ2n) is 6.65. The van der Waals surface area contributed by atoms with E-state index in [0.29, 0.717) is 17.2 Å². The Labute approximate surface area is 157 Å². The predicted octanol–water partition coefficient (Wildman–Crippen LogP) is 3.44. The third-order valence-corrected chi connectivity index (χ3v) is 5.45. The summed E-state index contributed by atoms with van der Waals surface area (Å²) >= 11 is 1.58. The lowest BCUT2D eigenvalue weighted by Gasteiger charge is -2.11. The average molecular weight is 372 g/mol. The lowest BCUT2D eigenvalue weighted by atomic mass is 10.1. The molecule has 0 aliphatic heterocycles. The van der Waals surface area contributed by atoms with E-state index in [1.807, 2.05) is 12.1 Å². The molecular formula is C19H24N4O2S. The molecule has 0 radical (unpaired) electrons. The van der Waals surface area contributed by atoms with Crippen molar-refractivity contribution in [2.45, 2.75) is 38.6 Å². The molecule has 6 nitrogen and oxygen atoms in total. The molecule has 0 bridgehead atoms. The molecule has 1 aromatic heterocycles. The van der Waals surface area contributed by atoms with Crippen molar-refractivity contribution in [3.63, 3.8) is 0 Å². The number of nitrogens with zero attached hydrogens (tertiary/aromatic N) is 2. The van der Waals surface area contributed by atoms with Gasteiger partial charge in [-0.05, 0) is 43.4 Å². The van der Waals surface area contributed by atoms with Crippen LogP contribution in [0.2, 0.25) is 0 Å². The third-order valence-electron chi connectivity index (χ3n) is 4.38. The van der Waals surface area contributed by atoms with Crippen molar-refractivity contribution < 1.29 is 9.59 Å². The number of fused-ring (bicyclic) bond motifs is 1. The van der Waals surface area contributed by atoms with E-state index in [4.69, 9.17) is 0 Å². The molecule has 3 amide bonds. The first-order valence-electron chi connectivity index (χ1n) is 8.87. The van der Waals surface area contributed by atoms with Gasteiger partial charge in [-0.25, -0.2) is 9.78 Å². The van der Waals surface area contributed by atoms with Crippen LogP contribution in [0.3, 0.4) is 0 Å². The highest BCUT2D eigenvalue weighted by Crippen LogP contribution is 2.28. The Hall–Kier alpha value is -2.41. The van der Waals surface area contributed by atoms with Crippen molar-refractivity contribution in [1.29, 1.82) is 0 Å². The number of rotatable bonds is 4. The Morgan fingerprint density at radius 1 is 1.12 bits per heavy atom. The smallest absolute Gasteiger partial charge is 0.321 e. The van der Waals surface area contributed by atoms with E-state index in [0.717, 1.165) is 24.1 Å². The summed E-state index contributed by atoms with van der Waals surface area (Å²) in [7, 11) is 3.45. The molecule has 0 saturated carbocycles. The van der Waals surface area contributed by atoms with Crippen LogP contribution in [0.1, 0.15) is 45.8 Å². The molecule has 2 aromatic rings. The van der Waals surface area contributed by atoms with Crippen LogP contribution in [-0.2, 0) is 19.4 Å². The number of carbonyl (C=O) groups is 2. The summed E-state index contributed by atoms with van der Waals surface area (Å²) in [6, 6.07) is 6.98. The van der Waals surface area contributed by atoms with Crippen molar-refractivity contribution in [3.05, 3.63) is 46.0 Å². The van der Waals surface area contributed by atoms with Crippen molar-refractivity contribution in [3.8, 4) is 0 Å². The molecule has 1 heterocycles. The third kappa shape index (κ3) is 4.60. The summed E-state index contributed by atoms with van der Waals surface area (Å²) in [5.74, 6) is -0.0363. The maximum atomic E-state index is 12.1. The topological polar surface area (TPSA) is 74.3 Å². The molecule has 3 rings (SSSR count). The van der Waals surface area contributed by atoms with Crippen LogP contribution in [0.25, 0.3) is 0 Å². The molecule has 0 fully saturated rings. The standard InChI is InChI=1S/C19H24N4O2S/c1-23(2)17(24)14-10-8-13(9-11-14)12-20-18(25)22-19-21-15-6-4-3-5-7-16(15)26-19/h8-11H,3-7,12H2,1-2H3,(H2,20,21,22,25). The number of aromatic nitrogens is 1. The zero-order valence-corrected chi connectivity index (χ0v) is 16.0. The molecule has 2 N–H and O–H groups in total. The van der Waals surface area contributed by atoms with Crippen LogP contribution < -0.4 is 10.6 Å². The lowest BCUT2D eigenvalue weighted by molar-refractivity contribution is 0.0827. The number of hydrogen-bond donors (Lipinski definition) is 2. The van der Waals surface area contributed by atoms with Gasteiger partial charge < -0.3 is 10.2 Å². The highest BCUT2D eigenvalue weighted by Gasteiger charge is 2.15. The minimum absolute atomic E-state index is 0.0363. The van der Waals surface area contributed by atoms with E-state index in [1.54, 1.807) is 37.6 Å². The van der Waals surface area contributed by atoms with E-state index >= 15 is 0 Å². The number of thiazole rings is 1. The molecule has 26 heavy (non-hydrogen) atoms. The molecule has 138 valence electrons. The van der Waals surface area contributed by atoms with Gasteiger partial charge in [-0.2, -0.15) is 0 Å². The SMILES string of the molecule is CN(C)C(=O)c1ccc(CNC(=O)Nc2nc3c(s2)CCCCC3)cc1. The first-order chi connectivity index (χ1) is 12.5. The normalized spacial score (nSPS) is 13.5. The Balaban J connectivity index is 1.52. The molecule has 0 spiro atoms. The Bertz CT molecular complexity index is 760. The second-order valence-corrected chi connectivity index (χ2v) is 7.74. The number of aryl methyl sites for hydroxylation is 2. The van der Waals surface area contributed by atoms with Crippen LogP contribution in [0.4, 0.5) is 9.93 Å². The highest BCUT2D eigenvalue weighted by molar-refractivity contribution is 7.15. The average Bonchev–Trinajstić information content (AvgIpc) is 2.87. The fourth-order valence-electron chi connectivity index (χ4n) is 2.93. The Morgan fingerprint density at radius 2 is 1.85 bits per heavy atom. The molecule has 0 unspecified atom stereocenters. The molecule has 0 saturated heterocycles. The Morgan fingerprint density at radius 3 is 2.58 bits per heavy atom. The summed E-state index contributed by atoms with van der Waals surface area (Å²) in [5, 5.41) is 6.33. The van der Waals surface area contributed by atoms with Gasteiger partial charge in [0, 0.05) is 31.1 Å². The molecule has 1 aliphatic rings. The minimum Gasteiger partial charge on any atom is -0.345 e. The second kappa shape index (κ2) is 8.31. The molecule has 7 heteroatoms. The van der Waals surface area contributed by atoms with Gasteiger partial charge in [0.25, 0.3) is 5.91 Å². The lowest BCUT2D eigenvalue weighted by Crippen LogP contribution is -2.28. The van der Waals surface area contributed by atoms with Gasteiger partial charge in [-0.15, -0.1) is 11.3 Å². The molecular weight excluding hydrogens is 348 g/mol. The van der Waals surface area contributed by atoms with Crippen LogP contribution in [0, 0.1) is 0 Å². The zero-order valence-electron chi connectivity index (χ0n) is 15.2. The van der Waals surface area contributed by atoms with E-state index in [1.165, 1.54) is 29.0 Å². The number of urea groups is 1. The number of anilines is 1. The quantitative estimate of drug-likeness (QED) is 0.808. The van der Waals surface area contributed by atoms with Gasteiger partial charge in [0.05, 0.1) is 5.69 Å². The van der Waals surface area contributed by atoms with Gasteiger partial charge >= 0.3 is 6.03 Å². The van der Waals surface area contributed by atoms with Crippen LogP contribution in [-0.4, -0.2) is 35.9 Å². The fourth-order valence-corrected chi connectivity index (χ4v) is 3.97. The van der Waals surface area contributed by atoms with Gasteiger partial charge in [0.1, 0.15) is 0 Å².